The smallest absolute Gasteiger partial charge is 0.222 e. The molecule has 0 fully saturated rings. The van der Waals surface area contributed by atoms with E-state index in [9.17, 15) is 4.79 Å². The van der Waals surface area contributed by atoms with Gasteiger partial charge in [0.05, 0.1) is 7.11 Å². The van der Waals surface area contributed by atoms with Crippen LogP contribution in [0.1, 0.15) is 6.92 Å². The highest BCUT2D eigenvalue weighted by molar-refractivity contribution is 7.98. The number of methoxy groups -OCH3 is 1. The van der Waals surface area contributed by atoms with Crippen molar-refractivity contribution in [3.05, 3.63) is 6.07 Å². The summed E-state index contributed by atoms with van der Waals surface area (Å²) in [4.78, 5) is 10.7. The average molecular weight is 213 g/mol. The zero-order chi connectivity index (χ0) is 10.6. The molecule has 1 aromatic heterocycles. The summed E-state index contributed by atoms with van der Waals surface area (Å²) in [6, 6.07) is 1.64. The first-order valence-electron chi connectivity index (χ1n) is 3.90. The minimum Gasteiger partial charge on any atom is -0.494 e. The minimum absolute atomic E-state index is 0.182. The molecule has 0 saturated carbocycles. The van der Waals surface area contributed by atoms with Gasteiger partial charge in [-0.3, -0.25) is 4.79 Å². The van der Waals surface area contributed by atoms with E-state index in [1.54, 1.807) is 13.2 Å². The fourth-order valence-electron chi connectivity index (χ4n) is 0.892. The zero-order valence-electron chi connectivity index (χ0n) is 8.20. The van der Waals surface area contributed by atoms with Gasteiger partial charge in [0, 0.05) is 13.0 Å². The molecular weight excluding hydrogens is 202 g/mol. The summed E-state index contributed by atoms with van der Waals surface area (Å²) in [5.41, 5.74) is 0. The molecule has 6 heteroatoms. The summed E-state index contributed by atoms with van der Waals surface area (Å²) in [5, 5.41) is 10.9. The van der Waals surface area contributed by atoms with Gasteiger partial charge in [-0.15, -0.1) is 22.0 Å². The van der Waals surface area contributed by atoms with Crippen LogP contribution in [0.2, 0.25) is 0 Å². The van der Waals surface area contributed by atoms with Crippen LogP contribution in [-0.4, -0.2) is 29.5 Å². The molecule has 0 unspecified atom stereocenters. The van der Waals surface area contributed by atoms with Gasteiger partial charge in [-0.2, -0.15) is 0 Å². The van der Waals surface area contributed by atoms with E-state index in [1.165, 1.54) is 18.7 Å². The third-order valence-electron chi connectivity index (χ3n) is 1.44. The Labute approximate surface area is 86.2 Å². The molecule has 14 heavy (non-hydrogen) atoms. The number of ether oxygens (including phenoxy) is 1. The van der Waals surface area contributed by atoms with Crippen LogP contribution in [0.15, 0.2) is 11.1 Å². The molecule has 1 aromatic rings. The van der Waals surface area contributed by atoms with Crippen LogP contribution in [0.25, 0.3) is 0 Å². The highest BCUT2D eigenvalue weighted by Gasteiger charge is 2.06. The molecule has 0 aliphatic carbocycles. The van der Waals surface area contributed by atoms with Crippen LogP contribution in [0, 0.1) is 0 Å². The Morgan fingerprint density at radius 1 is 1.57 bits per heavy atom. The summed E-state index contributed by atoms with van der Waals surface area (Å²) in [5.74, 6) is 0.821. The second-order valence-electron chi connectivity index (χ2n) is 2.49. The molecule has 0 bridgehead atoms. The summed E-state index contributed by atoms with van der Waals surface area (Å²) in [6.45, 7) is 1.41. The molecule has 5 nitrogen and oxygen atoms in total. The normalized spacial score (nSPS) is 9.64. The van der Waals surface area contributed by atoms with E-state index in [4.69, 9.17) is 4.74 Å². The molecule has 1 amide bonds. The van der Waals surface area contributed by atoms with Crippen LogP contribution in [0.5, 0.6) is 5.75 Å². The maximum absolute atomic E-state index is 10.7. The Bertz CT molecular complexity index is 343. The second-order valence-corrected chi connectivity index (χ2v) is 3.28. The predicted molar refractivity (Wildman–Crippen MR) is 54.7 cm³/mol. The fraction of sp³-hybridized carbons (Fsp3) is 0.375. The van der Waals surface area contributed by atoms with Crippen LogP contribution in [0.3, 0.4) is 0 Å². The predicted octanol–water partition coefficient (Wildman–Crippen LogP) is 1.17. The second kappa shape index (κ2) is 4.80. The Morgan fingerprint density at radius 3 is 2.79 bits per heavy atom. The van der Waals surface area contributed by atoms with Gasteiger partial charge in [0.15, 0.2) is 16.6 Å². The molecule has 0 aromatic carbocycles. The van der Waals surface area contributed by atoms with Gasteiger partial charge in [0.1, 0.15) is 0 Å². The number of carbonyl (C=O) groups is 1. The van der Waals surface area contributed by atoms with Crippen LogP contribution in [0.4, 0.5) is 5.82 Å². The molecule has 0 aliphatic heterocycles. The van der Waals surface area contributed by atoms with E-state index in [0.29, 0.717) is 16.6 Å². The van der Waals surface area contributed by atoms with E-state index in [-0.39, 0.29) is 5.91 Å². The Kier molecular flexibility index (Phi) is 3.70. The van der Waals surface area contributed by atoms with Crippen molar-refractivity contribution in [3.63, 3.8) is 0 Å². The van der Waals surface area contributed by atoms with E-state index >= 15 is 0 Å². The van der Waals surface area contributed by atoms with Crippen molar-refractivity contribution in [1.82, 2.24) is 10.2 Å². The maximum atomic E-state index is 10.7. The van der Waals surface area contributed by atoms with Crippen LogP contribution in [-0.2, 0) is 4.79 Å². The Balaban J connectivity index is 2.95. The van der Waals surface area contributed by atoms with Crippen LogP contribution >= 0.6 is 11.8 Å². The van der Waals surface area contributed by atoms with Gasteiger partial charge in [-0.1, -0.05) is 0 Å². The standard InChI is InChI=1S/C8H11N3O2S/c1-5(12)9-7-4-6(13-2)8(14-3)11-10-7/h4H,1-3H3,(H,9,10,12). The number of amides is 1. The lowest BCUT2D eigenvalue weighted by Crippen LogP contribution is -2.08. The molecule has 0 atom stereocenters. The lowest BCUT2D eigenvalue weighted by atomic mass is 10.5. The number of thioether (sulfide) groups is 1. The lowest BCUT2D eigenvalue weighted by Gasteiger charge is -2.06. The van der Waals surface area contributed by atoms with E-state index in [0.717, 1.165) is 0 Å². The average Bonchev–Trinajstić information content (AvgIpc) is 2.16. The van der Waals surface area contributed by atoms with Crippen molar-refractivity contribution in [2.24, 2.45) is 0 Å². The Morgan fingerprint density at radius 2 is 2.29 bits per heavy atom. The van der Waals surface area contributed by atoms with Crippen molar-refractivity contribution >= 4 is 23.5 Å². The van der Waals surface area contributed by atoms with Gasteiger partial charge in [0.25, 0.3) is 0 Å². The zero-order valence-corrected chi connectivity index (χ0v) is 9.01. The first-order valence-corrected chi connectivity index (χ1v) is 5.13. The molecular formula is C8H11N3O2S. The van der Waals surface area contributed by atoms with Gasteiger partial charge in [-0.05, 0) is 6.26 Å². The quantitative estimate of drug-likeness (QED) is 0.763. The fourth-order valence-corrected chi connectivity index (χ4v) is 1.36. The van der Waals surface area contributed by atoms with Gasteiger partial charge in [-0.25, -0.2) is 0 Å². The van der Waals surface area contributed by atoms with Crippen LogP contribution < -0.4 is 10.1 Å². The number of aromatic nitrogens is 2. The van der Waals surface area contributed by atoms with Crippen molar-refractivity contribution in [2.75, 3.05) is 18.7 Å². The third kappa shape index (κ3) is 2.59. The van der Waals surface area contributed by atoms with Crippen molar-refractivity contribution in [3.8, 4) is 5.75 Å². The summed E-state index contributed by atoms with van der Waals surface area (Å²) >= 11 is 1.44. The molecule has 0 aliphatic rings. The van der Waals surface area contributed by atoms with Gasteiger partial charge < -0.3 is 10.1 Å². The topological polar surface area (TPSA) is 64.1 Å². The molecule has 1 rings (SSSR count). The van der Waals surface area contributed by atoms with Gasteiger partial charge >= 0.3 is 0 Å². The molecule has 0 radical (unpaired) electrons. The third-order valence-corrected chi connectivity index (χ3v) is 2.11. The largest absolute Gasteiger partial charge is 0.494 e. The number of nitrogens with one attached hydrogen (secondary N) is 1. The highest BCUT2D eigenvalue weighted by Crippen LogP contribution is 2.25. The monoisotopic (exact) mass is 213 g/mol. The van der Waals surface area contributed by atoms with E-state index in [2.05, 4.69) is 15.5 Å². The number of anilines is 1. The summed E-state index contributed by atoms with van der Waals surface area (Å²) in [7, 11) is 1.55. The molecule has 1 heterocycles. The number of hydrogen-bond donors (Lipinski definition) is 1. The minimum atomic E-state index is -0.182. The number of hydrogen-bond acceptors (Lipinski definition) is 5. The summed E-state index contributed by atoms with van der Waals surface area (Å²) in [6.07, 6.45) is 1.88. The lowest BCUT2D eigenvalue weighted by molar-refractivity contribution is -0.114. The molecule has 1 N–H and O–H groups in total. The van der Waals surface area contributed by atoms with Gasteiger partial charge in [0.2, 0.25) is 5.91 Å². The van der Waals surface area contributed by atoms with Crippen molar-refractivity contribution in [2.45, 2.75) is 11.9 Å². The molecule has 0 spiro atoms. The number of rotatable bonds is 3. The summed E-state index contributed by atoms with van der Waals surface area (Å²) < 4.78 is 5.08. The van der Waals surface area contributed by atoms with E-state index in [1.807, 2.05) is 6.26 Å². The first kappa shape index (κ1) is 10.8. The number of nitrogens with zero attached hydrogens (tertiary/aromatic N) is 2. The number of carbonyl (C=O) groups excluding carboxylic acids is 1. The maximum Gasteiger partial charge on any atom is 0.222 e. The van der Waals surface area contributed by atoms with E-state index < -0.39 is 0 Å². The van der Waals surface area contributed by atoms with Crippen molar-refractivity contribution in [1.29, 1.82) is 0 Å². The molecule has 76 valence electrons. The highest BCUT2D eigenvalue weighted by atomic mass is 32.2. The SMILES string of the molecule is COc1cc(NC(C)=O)nnc1SC. The molecule has 0 saturated heterocycles. The first-order chi connectivity index (χ1) is 6.67. The van der Waals surface area contributed by atoms with Crippen molar-refractivity contribution < 1.29 is 9.53 Å². The Hall–Kier alpha value is -1.30.